The summed E-state index contributed by atoms with van der Waals surface area (Å²) in [5, 5.41) is 0.0551. The third kappa shape index (κ3) is 2.09. The molecular formula is C14H13BrClFO2. The topological polar surface area (TPSA) is 26.3 Å². The highest BCUT2D eigenvalue weighted by atomic mass is 79.9. The molecule has 0 aromatic heterocycles. The minimum atomic E-state index is -0.508. The lowest BCUT2D eigenvalue weighted by molar-refractivity contribution is -0.151. The summed E-state index contributed by atoms with van der Waals surface area (Å²) in [6, 6.07) is 2.76. The van der Waals surface area contributed by atoms with Gasteiger partial charge in [0, 0.05) is 12.5 Å². The average molecular weight is 348 g/mol. The minimum Gasteiger partial charge on any atom is -0.488 e. The van der Waals surface area contributed by atoms with Crippen LogP contribution in [0.15, 0.2) is 16.6 Å². The molecule has 0 amide bonds. The number of ether oxygens (including phenoxy) is 1. The van der Waals surface area contributed by atoms with Gasteiger partial charge in [-0.25, -0.2) is 4.39 Å². The van der Waals surface area contributed by atoms with Crippen molar-refractivity contribution < 1.29 is 13.9 Å². The van der Waals surface area contributed by atoms with Crippen molar-refractivity contribution in [3.8, 4) is 5.75 Å². The van der Waals surface area contributed by atoms with Crippen LogP contribution < -0.4 is 4.74 Å². The zero-order valence-corrected chi connectivity index (χ0v) is 12.6. The van der Waals surface area contributed by atoms with Crippen LogP contribution in [0.5, 0.6) is 5.75 Å². The lowest BCUT2D eigenvalue weighted by Crippen LogP contribution is -2.55. The van der Waals surface area contributed by atoms with Gasteiger partial charge in [0.05, 0.1) is 14.9 Å². The van der Waals surface area contributed by atoms with E-state index < -0.39 is 5.82 Å². The molecule has 102 valence electrons. The molecule has 3 rings (SSSR count). The standard InChI is InChI=1S/C14H13BrClFO2/c15-8-5-9(16)10(17)6-11(8)19-13-7-12(18)14(13)3-1-2-4-14/h5-6,13H,1-4,7H2. The Morgan fingerprint density at radius 1 is 1.37 bits per heavy atom. The number of carbonyl (C=O) groups is 1. The van der Waals surface area contributed by atoms with Crippen LogP contribution in [0.25, 0.3) is 0 Å². The first kappa shape index (κ1) is 13.4. The summed E-state index contributed by atoms with van der Waals surface area (Å²) in [5.41, 5.74) is -0.310. The summed E-state index contributed by atoms with van der Waals surface area (Å²) in [5.74, 6) is 0.206. The van der Waals surface area contributed by atoms with Gasteiger partial charge in [-0.15, -0.1) is 0 Å². The Hall–Kier alpha value is -0.610. The van der Waals surface area contributed by atoms with E-state index in [1.807, 2.05) is 0 Å². The fourth-order valence-electron chi connectivity index (χ4n) is 3.12. The lowest BCUT2D eigenvalue weighted by Gasteiger charge is -2.44. The van der Waals surface area contributed by atoms with Crippen molar-refractivity contribution in [1.29, 1.82) is 0 Å². The number of carbonyl (C=O) groups excluding carboxylic acids is 1. The number of benzene rings is 1. The zero-order valence-electron chi connectivity index (χ0n) is 10.2. The molecule has 2 fully saturated rings. The Kier molecular flexibility index (Phi) is 3.34. The van der Waals surface area contributed by atoms with Crippen molar-refractivity contribution >= 4 is 33.3 Å². The van der Waals surface area contributed by atoms with E-state index in [0.717, 1.165) is 25.7 Å². The Morgan fingerprint density at radius 2 is 2.05 bits per heavy atom. The van der Waals surface area contributed by atoms with E-state index in [2.05, 4.69) is 15.9 Å². The van der Waals surface area contributed by atoms with E-state index in [1.54, 1.807) is 0 Å². The molecule has 0 radical (unpaired) electrons. The SMILES string of the molecule is O=C1CC(Oc2cc(F)c(Cl)cc2Br)C12CCCC2. The summed E-state index contributed by atoms with van der Waals surface area (Å²) >= 11 is 9.01. The van der Waals surface area contributed by atoms with Gasteiger partial charge >= 0.3 is 0 Å². The molecule has 0 heterocycles. The van der Waals surface area contributed by atoms with Gasteiger partial charge in [-0.05, 0) is 34.8 Å². The molecule has 1 aromatic carbocycles. The van der Waals surface area contributed by atoms with Gasteiger partial charge in [-0.3, -0.25) is 4.79 Å². The fraction of sp³-hybridized carbons (Fsp3) is 0.500. The van der Waals surface area contributed by atoms with Crippen LogP contribution in [0.1, 0.15) is 32.1 Å². The molecule has 1 aromatic rings. The number of halogens is 3. The summed E-state index contributed by atoms with van der Waals surface area (Å²) in [6.07, 6.45) is 4.23. The zero-order chi connectivity index (χ0) is 13.6. The van der Waals surface area contributed by atoms with Crippen molar-refractivity contribution in [3.63, 3.8) is 0 Å². The van der Waals surface area contributed by atoms with Crippen LogP contribution in [0.2, 0.25) is 5.02 Å². The van der Waals surface area contributed by atoms with E-state index in [1.165, 1.54) is 12.1 Å². The first-order valence-corrected chi connectivity index (χ1v) is 7.54. The van der Waals surface area contributed by atoms with Crippen molar-refractivity contribution in [3.05, 3.63) is 27.4 Å². The predicted octanol–water partition coefficient (Wildman–Crippen LogP) is 4.52. The van der Waals surface area contributed by atoms with Crippen LogP contribution >= 0.6 is 27.5 Å². The van der Waals surface area contributed by atoms with Gasteiger partial charge in [0.2, 0.25) is 0 Å². The van der Waals surface area contributed by atoms with Gasteiger partial charge in [-0.1, -0.05) is 24.4 Å². The molecule has 2 saturated carbocycles. The Bertz CT molecular complexity index is 540. The molecule has 1 atom stereocenters. The highest BCUT2D eigenvalue weighted by molar-refractivity contribution is 9.10. The number of Topliss-reactive ketones (excluding diaryl/α,β-unsaturated/α-hetero) is 1. The maximum atomic E-state index is 13.5. The monoisotopic (exact) mass is 346 g/mol. The van der Waals surface area contributed by atoms with E-state index >= 15 is 0 Å². The number of ketones is 1. The summed E-state index contributed by atoms with van der Waals surface area (Å²) < 4.78 is 20.0. The van der Waals surface area contributed by atoms with Gasteiger partial charge in [-0.2, -0.15) is 0 Å². The molecular weight excluding hydrogens is 335 g/mol. The molecule has 2 nitrogen and oxygen atoms in total. The van der Waals surface area contributed by atoms with Crippen molar-refractivity contribution in [2.45, 2.75) is 38.2 Å². The molecule has 0 saturated heterocycles. The molecule has 5 heteroatoms. The molecule has 0 aliphatic heterocycles. The molecule has 1 unspecified atom stereocenters. The van der Waals surface area contributed by atoms with Crippen molar-refractivity contribution in [2.24, 2.45) is 5.41 Å². The van der Waals surface area contributed by atoms with Crippen molar-refractivity contribution in [1.82, 2.24) is 0 Å². The molecule has 0 bridgehead atoms. The maximum absolute atomic E-state index is 13.5. The summed E-state index contributed by atoms with van der Waals surface area (Å²) in [6.45, 7) is 0. The summed E-state index contributed by atoms with van der Waals surface area (Å²) in [4.78, 5) is 11.9. The lowest BCUT2D eigenvalue weighted by atomic mass is 9.63. The molecule has 2 aliphatic carbocycles. The van der Waals surface area contributed by atoms with Crippen LogP contribution in [-0.2, 0) is 4.79 Å². The number of hydrogen-bond donors (Lipinski definition) is 0. The second-order valence-corrected chi connectivity index (χ2v) is 6.56. The number of rotatable bonds is 2. The maximum Gasteiger partial charge on any atom is 0.146 e. The molecule has 0 N–H and O–H groups in total. The predicted molar refractivity (Wildman–Crippen MR) is 74.1 cm³/mol. The first-order valence-electron chi connectivity index (χ1n) is 6.37. The van der Waals surface area contributed by atoms with E-state index in [9.17, 15) is 9.18 Å². The quantitative estimate of drug-likeness (QED) is 0.735. The normalized spacial score (nSPS) is 24.6. The second-order valence-electron chi connectivity index (χ2n) is 5.29. The van der Waals surface area contributed by atoms with E-state index in [0.29, 0.717) is 22.4 Å². The van der Waals surface area contributed by atoms with Crippen LogP contribution in [-0.4, -0.2) is 11.9 Å². The van der Waals surface area contributed by atoms with Gasteiger partial charge in [0.25, 0.3) is 0 Å². The highest BCUT2D eigenvalue weighted by Crippen LogP contribution is 2.52. The number of hydrogen-bond acceptors (Lipinski definition) is 2. The second kappa shape index (κ2) is 4.74. The van der Waals surface area contributed by atoms with E-state index in [-0.39, 0.29) is 16.5 Å². The fourth-order valence-corrected chi connectivity index (χ4v) is 3.86. The largest absolute Gasteiger partial charge is 0.488 e. The minimum absolute atomic E-state index is 0.0551. The molecule has 19 heavy (non-hydrogen) atoms. The van der Waals surface area contributed by atoms with Crippen LogP contribution in [0, 0.1) is 11.2 Å². The van der Waals surface area contributed by atoms with Gasteiger partial charge < -0.3 is 4.74 Å². The third-order valence-corrected chi connectivity index (χ3v) is 5.19. The van der Waals surface area contributed by atoms with Gasteiger partial charge in [0.1, 0.15) is 23.5 Å². The highest BCUT2D eigenvalue weighted by Gasteiger charge is 2.57. The molecule has 1 spiro atoms. The Balaban J connectivity index is 1.83. The van der Waals surface area contributed by atoms with Crippen LogP contribution in [0.4, 0.5) is 4.39 Å². The van der Waals surface area contributed by atoms with Crippen molar-refractivity contribution in [2.75, 3.05) is 0 Å². The van der Waals surface area contributed by atoms with Crippen LogP contribution in [0.3, 0.4) is 0 Å². The third-order valence-electron chi connectivity index (χ3n) is 4.28. The smallest absolute Gasteiger partial charge is 0.146 e. The molecule has 2 aliphatic rings. The summed E-state index contributed by atoms with van der Waals surface area (Å²) in [7, 11) is 0. The Labute approximate surface area is 124 Å². The first-order chi connectivity index (χ1) is 9.03. The average Bonchev–Trinajstić information content (AvgIpc) is 2.87. The Morgan fingerprint density at radius 3 is 2.68 bits per heavy atom. The van der Waals surface area contributed by atoms with Gasteiger partial charge in [0.15, 0.2) is 0 Å². The van der Waals surface area contributed by atoms with E-state index in [4.69, 9.17) is 16.3 Å².